The first-order valence-electron chi connectivity index (χ1n) is 8.32. The highest BCUT2D eigenvalue weighted by Crippen LogP contribution is 2.06. The number of rotatable bonds is 15. The molecule has 0 aromatic rings. The quantitative estimate of drug-likeness (QED) is 0.430. The Morgan fingerprint density at radius 1 is 0.611 bits per heavy atom. The number of unbranched alkanes of at least 4 members (excludes halogenated alkanes) is 10. The molecule has 2 heteroatoms. The van der Waals surface area contributed by atoms with Crippen LogP contribution in [-0.4, -0.2) is 19.6 Å². The Hall–Kier alpha value is -0.0800. The molecule has 0 radical (unpaired) electrons. The van der Waals surface area contributed by atoms with Crippen LogP contribution in [0.4, 0.5) is 0 Å². The number of hydrogen-bond acceptors (Lipinski definition) is 2. The van der Waals surface area contributed by atoms with Crippen molar-refractivity contribution < 1.29 is 0 Å². The zero-order valence-electron chi connectivity index (χ0n) is 12.7. The van der Waals surface area contributed by atoms with Gasteiger partial charge in [0.2, 0.25) is 0 Å². The van der Waals surface area contributed by atoms with Gasteiger partial charge in [0.1, 0.15) is 0 Å². The molecular formula is C16H36N2. The van der Waals surface area contributed by atoms with Crippen LogP contribution < -0.4 is 11.1 Å². The minimum Gasteiger partial charge on any atom is -0.330 e. The minimum absolute atomic E-state index is 0.863. The van der Waals surface area contributed by atoms with E-state index in [0.717, 1.165) is 6.54 Å². The van der Waals surface area contributed by atoms with Crippen LogP contribution in [0.25, 0.3) is 0 Å². The molecule has 0 spiro atoms. The zero-order chi connectivity index (χ0) is 13.3. The summed E-state index contributed by atoms with van der Waals surface area (Å²) in [7, 11) is 0. The summed E-state index contributed by atoms with van der Waals surface area (Å²) in [5.74, 6) is 0. The molecule has 0 bridgehead atoms. The Morgan fingerprint density at radius 3 is 1.56 bits per heavy atom. The molecule has 0 aromatic heterocycles. The molecule has 0 aliphatic carbocycles. The Kier molecular flexibility index (Phi) is 16.8. The molecule has 0 saturated heterocycles. The average molecular weight is 256 g/mol. The lowest BCUT2D eigenvalue weighted by Gasteiger charge is -2.05. The second kappa shape index (κ2) is 16.9. The Bertz CT molecular complexity index is 121. The van der Waals surface area contributed by atoms with E-state index in [1.165, 1.54) is 90.1 Å². The van der Waals surface area contributed by atoms with Crippen molar-refractivity contribution in [1.29, 1.82) is 0 Å². The van der Waals surface area contributed by atoms with Crippen LogP contribution >= 0.6 is 0 Å². The number of hydrogen-bond donors (Lipinski definition) is 2. The van der Waals surface area contributed by atoms with E-state index in [1.807, 2.05) is 0 Å². The summed E-state index contributed by atoms with van der Waals surface area (Å²) in [6.07, 6.45) is 16.4. The molecule has 0 fully saturated rings. The highest BCUT2D eigenvalue weighted by atomic mass is 14.8. The normalized spacial score (nSPS) is 11.0. The average Bonchev–Trinajstić information content (AvgIpc) is 2.39. The molecule has 0 saturated carbocycles. The van der Waals surface area contributed by atoms with Crippen molar-refractivity contribution in [3.8, 4) is 0 Å². The van der Waals surface area contributed by atoms with Crippen LogP contribution in [0.15, 0.2) is 0 Å². The van der Waals surface area contributed by atoms with Gasteiger partial charge in [0.25, 0.3) is 0 Å². The predicted octanol–water partition coefficient (Wildman–Crippen LogP) is 4.24. The van der Waals surface area contributed by atoms with Gasteiger partial charge < -0.3 is 11.1 Å². The third kappa shape index (κ3) is 15.9. The van der Waals surface area contributed by atoms with Crippen LogP contribution in [0.5, 0.6) is 0 Å². The van der Waals surface area contributed by atoms with Gasteiger partial charge in [-0.05, 0) is 38.9 Å². The van der Waals surface area contributed by atoms with Crippen molar-refractivity contribution in [3.05, 3.63) is 0 Å². The first-order chi connectivity index (χ1) is 8.91. The fourth-order valence-electron chi connectivity index (χ4n) is 2.26. The van der Waals surface area contributed by atoms with Gasteiger partial charge in [0.15, 0.2) is 0 Å². The van der Waals surface area contributed by atoms with Crippen molar-refractivity contribution in [1.82, 2.24) is 5.32 Å². The van der Waals surface area contributed by atoms with Gasteiger partial charge in [-0.25, -0.2) is 0 Å². The number of nitrogens with one attached hydrogen (secondary N) is 1. The van der Waals surface area contributed by atoms with Gasteiger partial charge in [-0.1, -0.05) is 64.7 Å². The van der Waals surface area contributed by atoms with E-state index in [1.54, 1.807) is 0 Å². The summed E-state index contributed by atoms with van der Waals surface area (Å²) < 4.78 is 0. The smallest absolute Gasteiger partial charge is 0.00489 e. The van der Waals surface area contributed by atoms with E-state index in [2.05, 4.69) is 12.2 Å². The van der Waals surface area contributed by atoms with Crippen molar-refractivity contribution in [2.75, 3.05) is 19.6 Å². The molecule has 0 aliphatic heterocycles. The first kappa shape index (κ1) is 17.9. The molecule has 18 heavy (non-hydrogen) atoms. The molecule has 0 amide bonds. The number of nitrogens with two attached hydrogens (primary N) is 1. The summed E-state index contributed by atoms with van der Waals surface area (Å²) in [6, 6.07) is 0. The maximum absolute atomic E-state index is 5.47. The lowest BCUT2D eigenvalue weighted by molar-refractivity contribution is 0.541. The standard InChI is InChI=1S/C16H36N2/c1-2-3-4-9-12-15-18-16-13-10-7-5-6-8-11-14-17/h18H,2-17H2,1H3. The Balaban J connectivity index is 2.86. The molecule has 3 N–H and O–H groups in total. The maximum Gasteiger partial charge on any atom is -0.00489 e. The van der Waals surface area contributed by atoms with E-state index < -0.39 is 0 Å². The summed E-state index contributed by atoms with van der Waals surface area (Å²) >= 11 is 0. The molecule has 110 valence electrons. The molecule has 0 unspecified atom stereocenters. The van der Waals surface area contributed by atoms with Gasteiger partial charge in [-0.3, -0.25) is 0 Å². The van der Waals surface area contributed by atoms with Gasteiger partial charge in [-0.15, -0.1) is 0 Å². The zero-order valence-corrected chi connectivity index (χ0v) is 12.7. The van der Waals surface area contributed by atoms with Gasteiger partial charge >= 0.3 is 0 Å². The first-order valence-corrected chi connectivity index (χ1v) is 8.32. The second-order valence-electron chi connectivity index (χ2n) is 5.43. The summed E-state index contributed by atoms with van der Waals surface area (Å²) in [5.41, 5.74) is 5.47. The SMILES string of the molecule is CCCCCCCNCCCCCCCCCN. The molecule has 0 atom stereocenters. The molecular weight excluding hydrogens is 220 g/mol. The summed E-state index contributed by atoms with van der Waals surface area (Å²) in [6.45, 7) is 5.58. The van der Waals surface area contributed by atoms with E-state index in [0.29, 0.717) is 0 Å². The van der Waals surface area contributed by atoms with Gasteiger partial charge in [0.05, 0.1) is 0 Å². The Labute approximate surface area is 115 Å². The molecule has 0 aromatic carbocycles. The summed E-state index contributed by atoms with van der Waals surface area (Å²) in [5, 5.41) is 3.56. The van der Waals surface area contributed by atoms with E-state index in [-0.39, 0.29) is 0 Å². The van der Waals surface area contributed by atoms with E-state index in [4.69, 9.17) is 5.73 Å². The van der Waals surface area contributed by atoms with E-state index >= 15 is 0 Å². The van der Waals surface area contributed by atoms with Crippen LogP contribution in [0, 0.1) is 0 Å². The van der Waals surface area contributed by atoms with Gasteiger partial charge in [0, 0.05) is 0 Å². The van der Waals surface area contributed by atoms with Crippen LogP contribution in [0.1, 0.15) is 84.0 Å². The Morgan fingerprint density at radius 2 is 1.06 bits per heavy atom. The molecule has 0 rings (SSSR count). The van der Waals surface area contributed by atoms with Gasteiger partial charge in [-0.2, -0.15) is 0 Å². The maximum atomic E-state index is 5.47. The molecule has 0 aliphatic rings. The predicted molar refractivity (Wildman–Crippen MR) is 83.0 cm³/mol. The summed E-state index contributed by atoms with van der Waals surface area (Å²) in [4.78, 5) is 0. The second-order valence-corrected chi connectivity index (χ2v) is 5.43. The van der Waals surface area contributed by atoms with Crippen LogP contribution in [-0.2, 0) is 0 Å². The highest BCUT2D eigenvalue weighted by Gasteiger charge is 1.92. The topological polar surface area (TPSA) is 38.0 Å². The fraction of sp³-hybridized carbons (Fsp3) is 1.00. The van der Waals surface area contributed by atoms with Crippen molar-refractivity contribution in [3.63, 3.8) is 0 Å². The third-order valence-electron chi connectivity index (χ3n) is 3.51. The van der Waals surface area contributed by atoms with Crippen molar-refractivity contribution in [2.24, 2.45) is 5.73 Å². The monoisotopic (exact) mass is 256 g/mol. The van der Waals surface area contributed by atoms with Crippen molar-refractivity contribution in [2.45, 2.75) is 84.0 Å². The van der Waals surface area contributed by atoms with Crippen molar-refractivity contribution >= 4 is 0 Å². The van der Waals surface area contributed by atoms with Crippen LogP contribution in [0.3, 0.4) is 0 Å². The molecule has 0 heterocycles. The van der Waals surface area contributed by atoms with Crippen LogP contribution in [0.2, 0.25) is 0 Å². The highest BCUT2D eigenvalue weighted by molar-refractivity contribution is 4.51. The fourth-order valence-corrected chi connectivity index (χ4v) is 2.26. The minimum atomic E-state index is 0.863. The largest absolute Gasteiger partial charge is 0.330 e. The third-order valence-corrected chi connectivity index (χ3v) is 3.51. The van der Waals surface area contributed by atoms with E-state index in [9.17, 15) is 0 Å². The lowest BCUT2D eigenvalue weighted by Crippen LogP contribution is -2.16. The molecule has 2 nitrogen and oxygen atoms in total. The lowest BCUT2D eigenvalue weighted by atomic mass is 10.1.